The van der Waals surface area contributed by atoms with Crippen LogP contribution in [0.5, 0.6) is 0 Å². The van der Waals surface area contributed by atoms with E-state index in [1.807, 2.05) is 42.2 Å². The van der Waals surface area contributed by atoms with E-state index >= 15 is 0 Å². The maximum Gasteiger partial charge on any atom is 0.276 e. The fraction of sp³-hybridized carbons (Fsp3) is 0.440. The number of aromatic nitrogens is 2. The molecule has 1 fully saturated rings. The van der Waals surface area contributed by atoms with Crippen LogP contribution < -0.4 is 5.32 Å². The third kappa shape index (κ3) is 4.48. The van der Waals surface area contributed by atoms with Crippen molar-refractivity contribution in [1.82, 2.24) is 25.3 Å². The van der Waals surface area contributed by atoms with Crippen LogP contribution >= 0.6 is 0 Å². The average Bonchev–Trinajstić information content (AvgIpc) is 3.48. The molecule has 8 nitrogen and oxygen atoms in total. The van der Waals surface area contributed by atoms with E-state index in [0.29, 0.717) is 36.7 Å². The van der Waals surface area contributed by atoms with Gasteiger partial charge in [0.15, 0.2) is 5.69 Å². The fourth-order valence-corrected chi connectivity index (χ4v) is 4.48. The largest absolute Gasteiger partial charge is 0.361 e. The van der Waals surface area contributed by atoms with Gasteiger partial charge in [-0.1, -0.05) is 37.2 Å². The summed E-state index contributed by atoms with van der Waals surface area (Å²) in [6.45, 7) is 9.63. The van der Waals surface area contributed by atoms with Gasteiger partial charge >= 0.3 is 0 Å². The van der Waals surface area contributed by atoms with Gasteiger partial charge in [0.25, 0.3) is 11.8 Å². The summed E-state index contributed by atoms with van der Waals surface area (Å²) in [7, 11) is 1.63. The summed E-state index contributed by atoms with van der Waals surface area (Å²) in [6, 6.07) is 9.52. The molecule has 1 aromatic carbocycles. The summed E-state index contributed by atoms with van der Waals surface area (Å²) in [4.78, 5) is 34.7. The van der Waals surface area contributed by atoms with E-state index in [9.17, 15) is 9.59 Å². The molecule has 0 bridgehead atoms. The van der Waals surface area contributed by atoms with E-state index in [1.165, 1.54) is 0 Å². The SMILES string of the molecule is CCN(CC)Cc1c(C(=O)N2CC[C@@H](c3cc(C(=O)NC)c4ccccc4n3)C2)noc1C. The van der Waals surface area contributed by atoms with Crippen molar-refractivity contribution in [3.05, 3.63) is 58.6 Å². The molecule has 33 heavy (non-hydrogen) atoms. The van der Waals surface area contributed by atoms with Gasteiger partial charge in [0.1, 0.15) is 5.76 Å². The molecule has 3 heterocycles. The first-order chi connectivity index (χ1) is 16.0. The third-order valence-electron chi connectivity index (χ3n) is 6.56. The highest BCUT2D eigenvalue weighted by molar-refractivity contribution is 6.06. The molecular weight excluding hydrogens is 418 g/mol. The molecule has 1 N–H and O–H groups in total. The van der Waals surface area contributed by atoms with E-state index < -0.39 is 0 Å². The number of pyridine rings is 1. The molecule has 174 valence electrons. The Balaban J connectivity index is 1.58. The molecule has 0 aliphatic carbocycles. The highest BCUT2D eigenvalue weighted by Gasteiger charge is 2.33. The number of benzene rings is 1. The minimum atomic E-state index is -0.139. The molecule has 1 aliphatic rings. The number of aryl methyl sites for hydroxylation is 1. The van der Waals surface area contributed by atoms with E-state index in [1.54, 1.807) is 7.05 Å². The number of nitrogens with one attached hydrogen (secondary N) is 1. The van der Waals surface area contributed by atoms with Gasteiger partial charge in [-0.3, -0.25) is 19.5 Å². The van der Waals surface area contributed by atoms with Crippen molar-refractivity contribution in [2.45, 2.75) is 39.7 Å². The monoisotopic (exact) mass is 449 g/mol. The zero-order valence-corrected chi connectivity index (χ0v) is 19.7. The molecular formula is C25H31N5O3. The number of para-hydroxylation sites is 1. The first-order valence-electron chi connectivity index (χ1n) is 11.5. The van der Waals surface area contributed by atoms with Crippen LogP contribution in [0, 0.1) is 6.92 Å². The quantitative estimate of drug-likeness (QED) is 0.595. The number of carbonyl (C=O) groups is 2. The number of hydrogen-bond donors (Lipinski definition) is 1. The van der Waals surface area contributed by atoms with Gasteiger partial charge in [-0.05, 0) is 38.6 Å². The highest BCUT2D eigenvalue weighted by Crippen LogP contribution is 2.31. The second-order valence-corrected chi connectivity index (χ2v) is 8.46. The summed E-state index contributed by atoms with van der Waals surface area (Å²) in [6.07, 6.45) is 0.784. The lowest BCUT2D eigenvalue weighted by molar-refractivity contribution is 0.0778. The Morgan fingerprint density at radius 3 is 2.73 bits per heavy atom. The third-order valence-corrected chi connectivity index (χ3v) is 6.56. The lowest BCUT2D eigenvalue weighted by atomic mass is 9.99. The summed E-state index contributed by atoms with van der Waals surface area (Å²) < 4.78 is 5.40. The van der Waals surface area contributed by atoms with Crippen LogP contribution in [0.2, 0.25) is 0 Å². The normalized spacial score (nSPS) is 16.0. The van der Waals surface area contributed by atoms with Crippen LogP contribution in [0.3, 0.4) is 0 Å². The Hall–Kier alpha value is -3.26. The predicted octanol–water partition coefficient (Wildman–Crippen LogP) is 3.36. The van der Waals surface area contributed by atoms with Crippen molar-refractivity contribution in [2.24, 2.45) is 0 Å². The standard InChI is InChI=1S/C25H31N5O3/c1-5-29(6-2)15-20-16(3)33-28-23(20)25(32)30-12-11-17(14-30)22-13-19(24(31)26-4)18-9-7-8-10-21(18)27-22/h7-10,13,17H,5-6,11-12,14-15H2,1-4H3,(H,26,31)/t17-/m1/s1. The molecule has 1 aliphatic heterocycles. The van der Waals surface area contributed by atoms with E-state index in [0.717, 1.165) is 41.7 Å². The van der Waals surface area contributed by atoms with E-state index in [4.69, 9.17) is 9.51 Å². The summed E-state index contributed by atoms with van der Waals surface area (Å²) in [5, 5.41) is 7.65. The van der Waals surface area contributed by atoms with Gasteiger partial charge in [-0.15, -0.1) is 0 Å². The Morgan fingerprint density at radius 2 is 2.00 bits per heavy atom. The molecule has 2 aromatic heterocycles. The summed E-state index contributed by atoms with van der Waals surface area (Å²) in [5.74, 6) is 0.498. The lowest BCUT2D eigenvalue weighted by Gasteiger charge is -2.19. The second-order valence-electron chi connectivity index (χ2n) is 8.46. The molecule has 0 saturated carbocycles. The van der Waals surface area contributed by atoms with Gasteiger partial charge < -0.3 is 14.7 Å². The van der Waals surface area contributed by atoms with Gasteiger partial charge in [-0.2, -0.15) is 0 Å². The molecule has 1 atom stereocenters. The minimum absolute atomic E-state index is 0.0567. The van der Waals surface area contributed by atoms with Crippen LogP contribution in [0.15, 0.2) is 34.9 Å². The van der Waals surface area contributed by atoms with Crippen LogP contribution in [0.1, 0.15) is 64.1 Å². The van der Waals surface area contributed by atoms with Crippen LogP contribution in [0.25, 0.3) is 10.9 Å². The zero-order chi connectivity index (χ0) is 23.5. The molecule has 3 aromatic rings. The van der Waals surface area contributed by atoms with Crippen LogP contribution in [-0.4, -0.2) is 65.0 Å². The Labute approximate surface area is 193 Å². The predicted molar refractivity (Wildman–Crippen MR) is 126 cm³/mol. The lowest BCUT2D eigenvalue weighted by Crippen LogP contribution is -2.31. The van der Waals surface area contributed by atoms with Crippen molar-refractivity contribution in [3.8, 4) is 0 Å². The fourth-order valence-electron chi connectivity index (χ4n) is 4.48. The van der Waals surface area contributed by atoms with E-state index in [-0.39, 0.29) is 17.7 Å². The molecule has 2 amide bonds. The maximum atomic E-state index is 13.4. The number of likely N-dealkylation sites (tertiary alicyclic amines) is 1. The number of fused-ring (bicyclic) bond motifs is 1. The summed E-state index contributed by atoms with van der Waals surface area (Å²) in [5.41, 5.74) is 3.49. The van der Waals surface area contributed by atoms with Gasteiger partial charge in [0, 0.05) is 49.2 Å². The van der Waals surface area contributed by atoms with Crippen LogP contribution in [-0.2, 0) is 6.54 Å². The first-order valence-corrected chi connectivity index (χ1v) is 11.5. The summed E-state index contributed by atoms with van der Waals surface area (Å²) >= 11 is 0. The molecule has 0 radical (unpaired) electrons. The number of hydrogen-bond acceptors (Lipinski definition) is 6. The van der Waals surface area contributed by atoms with Gasteiger partial charge in [-0.25, -0.2) is 0 Å². The number of rotatable bonds is 7. The zero-order valence-electron chi connectivity index (χ0n) is 19.7. The second kappa shape index (κ2) is 9.70. The maximum absolute atomic E-state index is 13.4. The van der Waals surface area contributed by atoms with Crippen molar-refractivity contribution in [2.75, 3.05) is 33.2 Å². The van der Waals surface area contributed by atoms with Crippen molar-refractivity contribution in [1.29, 1.82) is 0 Å². The number of nitrogens with zero attached hydrogens (tertiary/aromatic N) is 4. The molecule has 4 rings (SSSR count). The van der Waals surface area contributed by atoms with Crippen LogP contribution in [0.4, 0.5) is 0 Å². The van der Waals surface area contributed by atoms with Gasteiger partial charge in [0.05, 0.1) is 11.1 Å². The van der Waals surface area contributed by atoms with Gasteiger partial charge in [0.2, 0.25) is 0 Å². The molecule has 8 heteroatoms. The average molecular weight is 450 g/mol. The van der Waals surface area contributed by atoms with Crippen molar-refractivity contribution < 1.29 is 14.1 Å². The molecule has 0 spiro atoms. The van der Waals surface area contributed by atoms with Crippen molar-refractivity contribution >= 4 is 22.7 Å². The Morgan fingerprint density at radius 1 is 1.24 bits per heavy atom. The number of carbonyl (C=O) groups excluding carboxylic acids is 2. The number of amides is 2. The Bertz CT molecular complexity index is 1170. The first kappa shape index (κ1) is 22.9. The highest BCUT2D eigenvalue weighted by atomic mass is 16.5. The molecule has 0 unspecified atom stereocenters. The van der Waals surface area contributed by atoms with Crippen molar-refractivity contribution in [3.63, 3.8) is 0 Å². The smallest absolute Gasteiger partial charge is 0.276 e. The topological polar surface area (TPSA) is 91.6 Å². The Kier molecular flexibility index (Phi) is 6.74. The molecule has 1 saturated heterocycles. The van der Waals surface area contributed by atoms with E-state index in [2.05, 4.69) is 29.2 Å². The minimum Gasteiger partial charge on any atom is -0.361 e.